The molecule has 3 nitrogen and oxygen atoms in total. The van der Waals surface area contributed by atoms with Crippen LogP contribution in [0.25, 0.3) is 11.3 Å². The van der Waals surface area contributed by atoms with Gasteiger partial charge in [0.1, 0.15) is 0 Å². The standard InChI is InChI=1S/C21H25N3/c1-15(2)16-9-11-17(12-10-16)19(14-22)21-13-20(23-24(21)3)18-7-5-4-6-8-18/h4-13,15,19H,14,22H2,1-3H3. The number of aromatic nitrogens is 2. The summed E-state index contributed by atoms with van der Waals surface area (Å²) in [5.41, 5.74) is 12.0. The fourth-order valence-electron chi connectivity index (χ4n) is 3.10. The van der Waals surface area contributed by atoms with Crippen molar-refractivity contribution in [3.8, 4) is 11.3 Å². The molecule has 1 unspecified atom stereocenters. The van der Waals surface area contributed by atoms with Crippen LogP contribution in [0.3, 0.4) is 0 Å². The van der Waals surface area contributed by atoms with Crippen LogP contribution < -0.4 is 5.73 Å². The van der Waals surface area contributed by atoms with Crippen LogP contribution in [0.5, 0.6) is 0 Å². The Labute approximate surface area is 144 Å². The van der Waals surface area contributed by atoms with E-state index in [1.807, 2.05) is 29.9 Å². The Morgan fingerprint density at radius 3 is 2.17 bits per heavy atom. The molecule has 2 aromatic carbocycles. The molecule has 0 fully saturated rings. The second kappa shape index (κ2) is 7.02. The predicted molar refractivity (Wildman–Crippen MR) is 100 cm³/mol. The van der Waals surface area contributed by atoms with Gasteiger partial charge in [-0.2, -0.15) is 5.10 Å². The van der Waals surface area contributed by atoms with Gasteiger partial charge in [0.05, 0.1) is 5.69 Å². The van der Waals surface area contributed by atoms with Crippen molar-refractivity contribution in [1.29, 1.82) is 0 Å². The fourth-order valence-corrected chi connectivity index (χ4v) is 3.10. The lowest BCUT2D eigenvalue weighted by Crippen LogP contribution is -2.17. The first-order chi connectivity index (χ1) is 11.6. The topological polar surface area (TPSA) is 43.8 Å². The quantitative estimate of drug-likeness (QED) is 0.762. The van der Waals surface area contributed by atoms with Crippen molar-refractivity contribution in [2.45, 2.75) is 25.7 Å². The Bertz CT molecular complexity index is 786. The van der Waals surface area contributed by atoms with E-state index in [2.05, 4.69) is 61.4 Å². The number of benzene rings is 2. The molecule has 2 N–H and O–H groups in total. The third-order valence-corrected chi connectivity index (χ3v) is 4.58. The maximum absolute atomic E-state index is 6.11. The summed E-state index contributed by atoms with van der Waals surface area (Å²) >= 11 is 0. The van der Waals surface area contributed by atoms with Crippen molar-refractivity contribution in [3.63, 3.8) is 0 Å². The highest BCUT2D eigenvalue weighted by Gasteiger charge is 2.18. The van der Waals surface area contributed by atoms with Crippen LogP contribution in [0.15, 0.2) is 60.7 Å². The molecule has 0 aliphatic carbocycles. The predicted octanol–water partition coefficient (Wildman–Crippen LogP) is 4.30. The van der Waals surface area contributed by atoms with Crippen LogP contribution in [-0.2, 0) is 7.05 Å². The van der Waals surface area contributed by atoms with Gasteiger partial charge in [0, 0.05) is 30.8 Å². The lowest BCUT2D eigenvalue weighted by Gasteiger charge is -2.16. The third kappa shape index (κ3) is 3.26. The maximum Gasteiger partial charge on any atom is 0.0926 e. The Balaban J connectivity index is 1.95. The van der Waals surface area contributed by atoms with E-state index in [4.69, 9.17) is 5.73 Å². The van der Waals surface area contributed by atoms with Gasteiger partial charge in [0.15, 0.2) is 0 Å². The lowest BCUT2D eigenvalue weighted by atomic mass is 9.92. The maximum atomic E-state index is 6.11. The zero-order valence-electron chi connectivity index (χ0n) is 14.6. The molecule has 3 aromatic rings. The highest BCUT2D eigenvalue weighted by molar-refractivity contribution is 5.59. The molecule has 1 heterocycles. The van der Waals surface area contributed by atoms with Crippen molar-refractivity contribution in [2.24, 2.45) is 12.8 Å². The SMILES string of the molecule is CC(C)c1ccc(C(CN)c2cc(-c3ccccc3)nn2C)cc1. The zero-order valence-corrected chi connectivity index (χ0v) is 14.6. The molecule has 24 heavy (non-hydrogen) atoms. The molecule has 0 radical (unpaired) electrons. The first-order valence-electron chi connectivity index (χ1n) is 8.49. The highest BCUT2D eigenvalue weighted by Crippen LogP contribution is 2.28. The minimum atomic E-state index is 0.154. The monoisotopic (exact) mass is 319 g/mol. The van der Waals surface area contributed by atoms with E-state index in [-0.39, 0.29) is 5.92 Å². The molecule has 0 amide bonds. The molecule has 0 aliphatic rings. The van der Waals surface area contributed by atoms with E-state index < -0.39 is 0 Å². The number of aryl methyl sites for hydroxylation is 1. The summed E-state index contributed by atoms with van der Waals surface area (Å²) in [6.45, 7) is 4.99. The van der Waals surface area contributed by atoms with Crippen LogP contribution in [0, 0.1) is 0 Å². The average Bonchev–Trinajstić information content (AvgIpc) is 2.99. The van der Waals surface area contributed by atoms with Crippen molar-refractivity contribution >= 4 is 0 Å². The minimum absolute atomic E-state index is 0.154. The second-order valence-electron chi connectivity index (χ2n) is 6.55. The van der Waals surface area contributed by atoms with Gasteiger partial charge in [-0.05, 0) is 23.1 Å². The Kier molecular flexibility index (Phi) is 4.81. The van der Waals surface area contributed by atoms with Gasteiger partial charge in [-0.1, -0.05) is 68.4 Å². The van der Waals surface area contributed by atoms with E-state index in [9.17, 15) is 0 Å². The molecule has 0 aliphatic heterocycles. The molecule has 1 atom stereocenters. The van der Waals surface area contributed by atoms with Crippen molar-refractivity contribution in [3.05, 3.63) is 77.5 Å². The van der Waals surface area contributed by atoms with Gasteiger partial charge < -0.3 is 5.73 Å². The highest BCUT2D eigenvalue weighted by atomic mass is 15.3. The molecule has 0 saturated heterocycles. The van der Waals surface area contributed by atoms with Gasteiger partial charge >= 0.3 is 0 Å². The van der Waals surface area contributed by atoms with E-state index in [0.717, 1.165) is 17.0 Å². The van der Waals surface area contributed by atoms with E-state index in [1.165, 1.54) is 11.1 Å². The summed E-state index contributed by atoms with van der Waals surface area (Å²) in [4.78, 5) is 0. The normalized spacial score (nSPS) is 12.5. The summed E-state index contributed by atoms with van der Waals surface area (Å²) in [6.07, 6.45) is 0. The summed E-state index contributed by atoms with van der Waals surface area (Å²) in [5, 5.41) is 4.68. The van der Waals surface area contributed by atoms with Gasteiger partial charge in [0.25, 0.3) is 0 Å². The second-order valence-corrected chi connectivity index (χ2v) is 6.55. The molecule has 0 saturated carbocycles. The van der Waals surface area contributed by atoms with Crippen molar-refractivity contribution in [2.75, 3.05) is 6.54 Å². The summed E-state index contributed by atoms with van der Waals surface area (Å²) in [7, 11) is 1.99. The molecular weight excluding hydrogens is 294 g/mol. The van der Waals surface area contributed by atoms with E-state index >= 15 is 0 Å². The molecule has 0 bridgehead atoms. The van der Waals surface area contributed by atoms with E-state index in [0.29, 0.717) is 12.5 Å². The first kappa shape index (κ1) is 16.5. The van der Waals surface area contributed by atoms with Crippen LogP contribution in [0.4, 0.5) is 0 Å². The molecule has 3 heteroatoms. The number of hydrogen-bond acceptors (Lipinski definition) is 2. The molecular formula is C21H25N3. The van der Waals surface area contributed by atoms with Gasteiger partial charge in [-0.3, -0.25) is 4.68 Å². The molecule has 0 spiro atoms. The van der Waals surface area contributed by atoms with Crippen molar-refractivity contribution in [1.82, 2.24) is 9.78 Å². The summed E-state index contributed by atoms with van der Waals surface area (Å²) in [5.74, 6) is 0.693. The number of rotatable bonds is 5. The average molecular weight is 319 g/mol. The van der Waals surface area contributed by atoms with Gasteiger partial charge in [-0.25, -0.2) is 0 Å². The van der Waals surface area contributed by atoms with Crippen LogP contribution >= 0.6 is 0 Å². The van der Waals surface area contributed by atoms with Crippen LogP contribution in [0.2, 0.25) is 0 Å². The Morgan fingerprint density at radius 2 is 1.58 bits per heavy atom. The largest absolute Gasteiger partial charge is 0.329 e. The van der Waals surface area contributed by atoms with Crippen LogP contribution in [0.1, 0.15) is 42.5 Å². The first-order valence-corrected chi connectivity index (χ1v) is 8.49. The van der Waals surface area contributed by atoms with Crippen LogP contribution in [-0.4, -0.2) is 16.3 Å². The fraction of sp³-hybridized carbons (Fsp3) is 0.286. The molecule has 3 rings (SSSR count). The smallest absolute Gasteiger partial charge is 0.0926 e. The van der Waals surface area contributed by atoms with Crippen molar-refractivity contribution < 1.29 is 0 Å². The van der Waals surface area contributed by atoms with Gasteiger partial charge in [-0.15, -0.1) is 0 Å². The number of nitrogens with two attached hydrogens (primary N) is 1. The Morgan fingerprint density at radius 1 is 0.958 bits per heavy atom. The minimum Gasteiger partial charge on any atom is -0.329 e. The Hall–Kier alpha value is -2.39. The van der Waals surface area contributed by atoms with E-state index in [1.54, 1.807) is 0 Å². The number of nitrogens with zero attached hydrogens (tertiary/aromatic N) is 2. The third-order valence-electron chi connectivity index (χ3n) is 4.58. The lowest BCUT2D eigenvalue weighted by molar-refractivity contribution is 0.664. The van der Waals surface area contributed by atoms with Gasteiger partial charge in [0.2, 0.25) is 0 Å². The molecule has 124 valence electrons. The summed E-state index contributed by atoms with van der Waals surface area (Å²) < 4.78 is 1.95. The summed E-state index contributed by atoms with van der Waals surface area (Å²) in [6, 6.07) is 21.2. The number of hydrogen-bond donors (Lipinski definition) is 1. The zero-order chi connectivity index (χ0) is 17.1. The molecule has 1 aromatic heterocycles.